The van der Waals surface area contributed by atoms with Crippen molar-refractivity contribution in [2.45, 2.75) is 6.92 Å². The van der Waals surface area contributed by atoms with E-state index in [9.17, 15) is 0 Å². The molecule has 0 amide bonds. The zero-order valence-electron chi connectivity index (χ0n) is 11.7. The maximum absolute atomic E-state index is 4.91. The summed E-state index contributed by atoms with van der Waals surface area (Å²) in [6, 6.07) is 7.48. The molecule has 0 N–H and O–H groups in total. The summed E-state index contributed by atoms with van der Waals surface area (Å²) in [7, 11) is 3.20. The van der Waals surface area contributed by atoms with Crippen molar-refractivity contribution < 1.29 is 9.47 Å². The van der Waals surface area contributed by atoms with Crippen molar-refractivity contribution in [2.24, 2.45) is 0 Å². The van der Waals surface area contributed by atoms with Crippen molar-refractivity contribution in [3.05, 3.63) is 52.8 Å². The Labute approximate surface area is 127 Å². The lowest BCUT2D eigenvalue weighted by Crippen LogP contribution is -1.85. The molecule has 0 unspecified atom stereocenters. The largest absolute Gasteiger partial charge is 0.481 e. The molecule has 2 aromatic heterocycles. The van der Waals surface area contributed by atoms with Crippen molar-refractivity contribution >= 4 is 22.0 Å². The first-order valence-electron chi connectivity index (χ1n) is 5.98. The molecule has 0 fully saturated rings. The van der Waals surface area contributed by atoms with Gasteiger partial charge in [-0.25, -0.2) is 9.97 Å². The summed E-state index contributed by atoms with van der Waals surface area (Å²) in [5.74, 6) is 1.29. The molecule has 106 valence electrons. The second kappa shape index (κ2) is 9.09. The minimum Gasteiger partial charge on any atom is -0.481 e. The van der Waals surface area contributed by atoms with Gasteiger partial charge in [0.15, 0.2) is 0 Å². The highest BCUT2D eigenvalue weighted by atomic mass is 79.9. The lowest BCUT2D eigenvalue weighted by molar-refractivity contribution is 0.397. The van der Waals surface area contributed by atoms with Crippen LogP contribution in [0.1, 0.15) is 12.5 Å². The monoisotopic (exact) mass is 336 g/mol. The second-order valence-electron chi connectivity index (χ2n) is 3.65. The van der Waals surface area contributed by atoms with Gasteiger partial charge in [0.05, 0.1) is 14.2 Å². The van der Waals surface area contributed by atoms with Gasteiger partial charge in [0.2, 0.25) is 11.8 Å². The summed E-state index contributed by atoms with van der Waals surface area (Å²) in [5.41, 5.74) is 1.09. The number of allylic oxidation sites excluding steroid dienone is 1. The van der Waals surface area contributed by atoms with Crippen LogP contribution in [0.4, 0.5) is 0 Å². The molecule has 0 aliphatic carbocycles. The number of hydrogen-bond donors (Lipinski definition) is 0. The number of hydrogen-bond acceptors (Lipinski definition) is 4. The fourth-order valence-electron chi connectivity index (χ4n) is 1.29. The van der Waals surface area contributed by atoms with Crippen molar-refractivity contribution in [2.75, 3.05) is 14.2 Å². The van der Waals surface area contributed by atoms with Gasteiger partial charge in [0.25, 0.3) is 0 Å². The highest BCUT2D eigenvalue weighted by Gasteiger charge is 1.90. The SMILES string of the molecule is C/C=C/c1ccc(OC)nc1.COc1ccc(Br)cn1. The third kappa shape index (κ3) is 5.84. The average Bonchev–Trinajstić information content (AvgIpc) is 2.50. The molecule has 20 heavy (non-hydrogen) atoms. The Morgan fingerprint density at radius 3 is 1.95 bits per heavy atom. The molecule has 0 radical (unpaired) electrons. The van der Waals surface area contributed by atoms with Crippen molar-refractivity contribution in [3.8, 4) is 11.8 Å². The molecule has 0 aromatic carbocycles. The number of halogens is 1. The van der Waals surface area contributed by atoms with E-state index in [1.165, 1.54) is 0 Å². The maximum Gasteiger partial charge on any atom is 0.212 e. The van der Waals surface area contributed by atoms with E-state index in [4.69, 9.17) is 9.47 Å². The lowest BCUT2D eigenvalue weighted by Gasteiger charge is -1.96. The van der Waals surface area contributed by atoms with Crippen LogP contribution >= 0.6 is 15.9 Å². The number of rotatable bonds is 3. The van der Waals surface area contributed by atoms with Crippen molar-refractivity contribution in [1.29, 1.82) is 0 Å². The van der Waals surface area contributed by atoms with Crippen LogP contribution in [0.15, 0.2) is 47.2 Å². The van der Waals surface area contributed by atoms with Gasteiger partial charge >= 0.3 is 0 Å². The van der Waals surface area contributed by atoms with Gasteiger partial charge in [0.1, 0.15) is 0 Å². The molecular formula is C15H17BrN2O2. The summed E-state index contributed by atoms with van der Waals surface area (Å²) < 4.78 is 10.7. The zero-order valence-corrected chi connectivity index (χ0v) is 13.3. The van der Waals surface area contributed by atoms with E-state index in [0.717, 1.165) is 10.0 Å². The van der Waals surface area contributed by atoms with E-state index in [0.29, 0.717) is 11.8 Å². The fraction of sp³-hybridized carbons (Fsp3) is 0.200. The number of ether oxygens (including phenoxy) is 2. The van der Waals surface area contributed by atoms with Crippen LogP contribution in [0.3, 0.4) is 0 Å². The van der Waals surface area contributed by atoms with Gasteiger partial charge in [-0.05, 0) is 40.5 Å². The number of pyridine rings is 2. The molecule has 2 heterocycles. The van der Waals surface area contributed by atoms with E-state index in [-0.39, 0.29) is 0 Å². The molecule has 0 saturated heterocycles. The van der Waals surface area contributed by atoms with E-state index < -0.39 is 0 Å². The first-order valence-corrected chi connectivity index (χ1v) is 6.77. The van der Waals surface area contributed by atoms with Crippen LogP contribution in [0, 0.1) is 0 Å². The Kier molecular flexibility index (Phi) is 7.35. The van der Waals surface area contributed by atoms with Crippen LogP contribution in [0.2, 0.25) is 0 Å². The number of methoxy groups -OCH3 is 2. The molecule has 0 bridgehead atoms. The topological polar surface area (TPSA) is 44.2 Å². The Morgan fingerprint density at radius 2 is 1.55 bits per heavy atom. The minimum atomic E-state index is 0.637. The zero-order chi connectivity index (χ0) is 14.8. The molecule has 2 aromatic rings. The third-order valence-electron chi connectivity index (χ3n) is 2.24. The highest BCUT2D eigenvalue weighted by Crippen LogP contribution is 2.11. The van der Waals surface area contributed by atoms with Gasteiger partial charge in [-0.3, -0.25) is 0 Å². The molecule has 0 aliphatic rings. The van der Waals surface area contributed by atoms with Gasteiger partial charge in [-0.1, -0.05) is 12.2 Å². The van der Waals surface area contributed by atoms with Crippen LogP contribution in [-0.4, -0.2) is 24.2 Å². The molecule has 0 saturated carbocycles. The van der Waals surface area contributed by atoms with Crippen LogP contribution in [-0.2, 0) is 0 Å². The first kappa shape index (κ1) is 16.2. The van der Waals surface area contributed by atoms with Crippen LogP contribution < -0.4 is 9.47 Å². The smallest absolute Gasteiger partial charge is 0.212 e. The summed E-state index contributed by atoms with van der Waals surface area (Å²) in [6.07, 6.45) is 7.44. The molecule has 4 nitrogen and oxygen atoms in total. The molecule has 2 rings (SSSR count). The van der Waals surface area contributed by atoms with E-state index >= 15 is 0 Å². The Balaban J connectivity index is 0.000000204. The van der Waals surface area contributed by atoms with Gasteiger partial charge in [-0.2, -0.15) is 0 Å². The Hall–Kier alpha value is -1.88. The summed E-state index contributed by atoms with van der Waals surface area (Å²) in [5, 5.41) is 0. The lowest BCUT2D eigenvalue weighted by atomic mass is 10.3. The molecule has 0 aliphatic heterocycles. The molecule has 0 spiro atoms. The second-order valence-corrected chi connectivity index (χ2v) is 4.57. The standard InChI is InChI=1S/C9H11NO.C6H6BrNO/c1-3-4-8-5-6-9(11-2)10-7-8;1-9-6-3-2-5(7)4-8-6/h3-7H,1-2H3;2-4H,1H3/b4-3+;. The number of nitrogens with zero attached hydrogens (tertiary/aromatic N) is 2. The third-order valence-corrected chi connectivity index (χ3v) is 2.71. The Bertz CT molecular complexity index is 525. The molecule has 0 atom stereocenters. The number of aromatic nitrogens is 2. The van der Waals surface area contributed by atoms with E-state index in [1.807, 2.05) is 37.3 Å². The Morgan fingerprint density at radius 1 is 0.950 bits per heavy atom. The predicted molar refractivity (Wildman–Crippen MR) is 84.0 cm³/mol. The van der Waals surface area contributed by atoms with Crippen molar-refractivity contribution in [3.63, 3.8) is 0 Å². The molecule has 5 heteroatoms. The highest BCUT2D eigenvalue weighted by molar-refractivity contribution is 9.10. The van der Waals surface area contributed by atoms with E-state index in [1.54, 1.807) is 32.7 Å². The summed E-state index contributed by atoms with van der Waals surface area (Å²) in [4.78, 5) is 7.97. The van der Waals surface area contributed by atoms with Gasteiger partial charge in [-0.15, -0.1) is 0 Å². The summed E-state index contributed by atoms with van der Waals surface area (Å²) >= 11 is 3.26. The minimum absolute atomic E-state index is 0.637. The van der Waals surface area contributed by atoms with E-state index in [2.05, 4.69) is 25.9 Å². The summed E-state index contributed by atoms with van der Waals surface area (Å²) in [6.45, 7) is 1.98. The average molecular weight is 337 g/mol. The van der Waals surface area contributed by atoms with Gasteiger partial charge < -0.3 is 9.47 Å². The van der Waals surface area contributed by atoms with Gasteiger partial charge in [0, 0.05) is 29.0 Å². The first-order chi connectivity index (χ1) is 9.69. The maximum atomic E-state index is 4.91. The molecular weight excluding hydrogens is 320 g/mol. The predicted octanol–water partition coefficient (Wildman–Crippen LogP) is 3.98. The van der Waals surface area contributed by atoms with Crippen LogP contribution in [0.25, 0.3) is 6.08 Å². The quantitative estimate of drug-likeness (QED) is 0.850. The normalized spacial score (nSPS) is 9.80. The van der Waals surface area contributed by atoms with Crippen molar-refractivity contribution in [1.82, 2.24) is 9.97 Å². The van der Waals surface area contributed by atoms with Crippen LogP contribution in [0.5, 0.6) is 11.8 Å². The fourth-order valence-corrected chi connectivity index (χ4v) is 1.52.